The minimum atomic E-state index is -0.839. The first kappa shape index (κ1) is 69.0. The maximum absolute atomic E-state index is 12.9. The van der Waals surface area contributed by atoms with Crippen molar-refractivity contribution in [1.82, 2.24) is 0 Å². The van der Waals surface area contributed by atoms with Gasteiger partial charge in [-0.05, 0) is 135 Å². The summed E-state index contributed by atoms with van der Waals surface area (Å²) in [5, 5.41) is 0. The lowest BCUT2D eigenvalue weighted by Gasteiger charge is -2.18. The van der Waals surface area contributed by atoms with Crippen LogP contribution >= 0.6 is 0 Å². The Labute approximate surface area is 454 Å². The number of carbonyl (C=O) groups excluding carboxylic acids is 3. The van der Waals surface area contributed by atoms with Gasteiger partial charge >= 0.3 is 17.9 Å². The van der Waals surface area contributed by atoms with Crippen LogP contribution in [0.15, 0.2) is 158 Å². The lowest BCUT2D eigenvalue weighted by Crippen LogP contribution is -2.30. The molecule has 6 heteroatoms. The summed E-state index contributed by atoms with van der Waals surface area (Å²) in [4.78, 5) is 38.2. The van der Waals surface area contributed by atoms with Gasteiger partial charge in [0.1, 0.15) is 13.2 Å². The third-order valence-electron chi connectivity index (χ3n) is 11.8. The van der Waals surface area contributed by atoms with Gasteiger partial charge in [0.15, 0.2) is 6.10 Å². The number of unbranched alkanes of at least 4 members (excludes halogenated alkanes) is 14. The number of carbonyl (C=O) groups is 3. The minimum Gasteiger partial charge on any atom is -0.462 e. The zero-order chi connectivity index (χ0) is 53.6. The van der Waals surface area contributed by atoms with Gasteiger partial charge in [-0.3, -0.25) is 14.4 Å². The summed E-state index contributed by atoms with van der Waals surface area (Å²) in [6.45, 7) is 6.28. The van der Waals surface area contributed by atoms with Crippen molar-refractivity contribution in [3.63, 3.8) is 0 Å². The standard InChI is InChI=1S/C68H106O6/c1-4-7-10-13-16-19-22-25-28-31-34-37-40-43-46-49-52-55-58-61-67(70)73-64-65(63-72-66(69)60-57-54-51-48-45-42-39-36-33-30-27-24-21-18-15-12-9-6-3)74-68(71)62-59-56-53-50-47-44-41-38-35-32-29-26-23-20-17-14-11-8-5-2/h7-8,10-11,16-17,19-21,24-26,28-30,33-35,37-38,43-44,46-47,52,55,65H,4-6,9,12-15,18,22-23,27,31-32,36,39-42,45,48-51,53-54,56-64H2,1-3H3/b10-7-,11-8-,19-16-,20-17-,24-21-,28-25-,29-26-,33-30-,37-34-,38-35-,46-43-,47-44-,55-52-. The molecule has 0 aliphatic heterocycles. The van der Waals surface area contributed by atoms with E-state index in [0.717, 1.165) is 122 Å². The van der Waals surface area contributed by atoms with Gasteiger partial charge in [-0.25, -0.2) is 0 Å². The average molecular weight is 1020 g/mol. The summed E-state index contributed by atoms with van der Waals surface area (Å²) < 4.78 is 16.8. The second-order valence-electron chi connectivity index (χ2n) is 18.8. The van der Waals surface area contributed by atoms with Crippen molar-refractivity contribution in [3.05, 3.63) is 158 Å². The van der Waals surface area contributed by atoms with Gasteiger partial charge in [-0.1, -0.05) is 237 Å². The Morgan fingerprint density at radius 3 is 0.919 bits per heavy atom. The predicted octanol–water partition coefficient (Wildman–Crippen LogP) is 20.1. The van der Waals surface area contributed by atoms with Crippen LogP contribution in [0.25, 0.3) is 0 Å². The molecule has 6 nitrogen and oxygen atoms in total. The Kier molecular flexibility index (Phi) is 56.5. The van der Waals surface area contributed by atoms with Crippen molar-refractivity contribution in [2.75, 3.05) is 13.2 Å². The average Bonchev–Trinajstić information content (AvgIpc) is 3.40. The van der Waals surface area contributed by atoms with Crippen LogP contribution in [0.2, 0.25) is 0 Å². The third-order valence-corrected chi connectivity index (χ3v) is 11.8. The highest BCUT2D eigenvalue weighted by Gasteiger charge is 2.19. The molecule has 414 valence electrons. The van der Waals surface area contributed by atoms with E-state index in [0.29, 0.717) is 19.3 Å². The SMILES string of the molecule is CC/C=C\C/C=C\C/C=C\C/C=C\C/C=C\C/C=C\CCC(=O)OCC(COC(=O)CCCCCCCCC/C=C\C/C=C\CCCCCC)OC(=O)CCCCC/C=C\C/C=C\C/C=C\C/C=C\C/C=C\CC. The second-order valence-corrected chi connectivity index (χ2v) is 18.8. The highest BCUT2D eigenvalue weighted by molar-refractivity contribution is 5.71. The molecular weight excluding hydrogens is 913 g/mol. The Morgan fingerprint density at radius 2 is 0.554 bits per heavy atom. The number of hydrogen-bond acceptors (Lipinski definition) is 6. The van der Waals surface area contributed by atoms with Gasteiger partial charge in [0.05, 0.1) is 0 Å². The van der Waals surface area contributed by atoms with Crippen LogP contribution < -0.4 is 0 Å². The number of esters is 3. The summed E-state index contributed by atoms with van der Waals surface area (Å²) in [7, 11) is 0. The molecule has 0 aromatic heterocycles. The van der Waals surface area contributed by atoms with Crippen LogP contribution in [-0.4, -0.2) is 37.2 Å². The molecule has 1 atom stereocenters. The van der Waals surface area contributed by atoms with E-state index in [1.165, 1.54) is 57.8 Å². The molecule has 0 saturated heterocycles. The summed E-state index contributed by atoms with van der Waals surface area (Å²) >= 11 is 0. The highest BCUT2D eigenvalue weighted by atomic mass is 16.6. The monoisotopic (exact) mass is 1020 g/mol. The van der Waals surface area contributed by atoms with E-state index in [4.69, 9.17) is 14.2 Å². The van der Waals surface area contributed by atoms with Crippen molar-refractivity contribution in [3.8, 4) is 0 Å². The molecule has 0 aliphatic carbocycles. The summed E-state index contributed by atoms with van der Waals surface area (Å²) in [5.41, 5.74) is 0. The quantitative estimate of drug-likeness (QED) is 0.0261. The van der Waals surface area contributed by atoms with Crippen LogP contribution in [0.5, 0.6) is 0 Å². The highest BCUT2D eigenvalue weighted by Crippen LogP contribution is 2.13. The minimum absolute atomic E-state index is 0.126. The van der Waals surface area contributed by atoms with Crippen LogP contribution in [0.4, 0.5) is 0 Å². The first-order chi connectivity index (χ1) is 36.5. The Hall–Kier alpha value is -4.97. The maximum Gasteiger partial charge on any atom is 0.306 e. The largest absolute Gasteiger partial charge is 0.462 e. The van der Waals surface area contributed by atoms with E-state index >= 15 is 0 Å². The Balaban J connectivity index is 4.61. The van der Waals surface area contributed by atoms with E-state index in [2.05, 4.69) is 167 Å². The third kappa shape index (κ3) is 57.9. The van der Waals surface area contributed by atoms with Crippen molar-refractivity contribution < 1.29 is 28.6 Å². The normalized spacial score (nSPS) is 13.3. The van der Waals surface area contributed by atoms with Crippen LogP contribution in [0.3, 0.4) is 0 Å². The number of rotatable bonds is 51. The lowest BCUT2D eigenvalue weighted by molar-refractivity contribution is -0.166. The van der Waals surface area contributed by atoms with E-state index in [1.54, 1.807) is 0 Å². The van der Waals surface area contributed by atoms with Crippen molar-refractivity contribution in [2.45, 2.75) is 239 Å². The summed E-state index contributed by atoms with van der Waals surface area (Å²) in [6.07, 6.45) is 88.1. The molecular formula is C68H106O6. The maximum atomic E-state index is 12.9. The molecule has 0 aromatic rings. The molecule has 0 fully saturated rings. The molecule has 0 aliphatic rings. The van der Waals surface area contributed by atoms with Gasteiger partial charge in [-0.15, -0.1) is 0 Å². The molecule has 0 aromatic carbocycles. The zero-order valence-corrected chi connectivity index (χ0v) is 47.3. The van der Waals surface area contributed by atoms with Crippen LogP contribution in [0, 0.1) is 0 Å². The summed E-state index contributed by atoms with van der Waals surface area (Å²) in [5.74, 6) is -1.06. The molecule has 0 amide bonds. The van der Waals surface area contributed by atoms with Crippen LogP contribution in [0.1, 0.15) is 233 Å². The van der Waals surface area contributed by atoms with Gasteiger partial charge in [-0.2, -0.15) is 0 Å². The molecule has 1 unspecified atom stereocenters. The van der Waals surface area contributed by atoms with E-state index in [-0.39, 0.29) is 44.0 Å². The molecule has 0 N–H and O–H groups in total. The van der Waals surface area contributed by atoms with Crippen molar-refractivity contribution in [2.24, 2.45) is 0 Å². The lowest BCUT2D eigenvalue weighted by atomic mass is 10.1. The van der Waals surface area contributed by atoms with E-state index in [1.807, 2.05) is 12.2 Å². The van der Waals surface area contributed by atoms with Gasteiger partial charge < -0.3 is 14.2 Å². The first-order valence-corrected chi connectivity index (χ1v) is 29.5. The van der Waals surface area contributed by atoms with E-state index < -0.39 is 6.10 Å². The molecule has 74 heavy (non-hydrogen) atoms. The molecule has 0 radical (unpaired) electrons. The summed E-state index contributed by atoms with van der Waals surface area (Å²) in [6, 6.07) is 0. The van der Waals surface area contributed by atoms with Crippen molar-refractivity contribution >= 4 is 17.9 Å². The fraction of sp³-hybridized carbons (Fsp3) is 0.574. The molecule has 0 heterocycles. The Morgan fingerprint density at radius 1 is 0.284 bits per heavy atom. The molecule has 0 saturated carbocycles. The number of hydrogen-bond donors (Lipinski definition) is 0. The number of ether oxygens (including phenoxy) is 3. The molecule has 0 bridgehead atoms. The zero-order valence-electron chi connectivity index (χ0n) is 47.3. The van der Waals surface area contributed by atoms with Crippen LogP contribution in [-0.2, 0) is 28.6 Å². The fourth-order valence-corrected chi connectivity index (χ4v) is 7.41. The first-order valence-electron chi connectivity index (χ1n) is 29.5. The van der Waals surface area contributed by atoms with Gasteiger partial charge in [0.25, 0.3) is 0 Å². The fourth-order valence-electron chi connectivity index (χ4n) is 7.41. The van der Waals surface area contributed by atoms with Gasteiger partial charge in [0.2, 0.25) is 0 Å². The number of allylic oxidation sites excluding steroid dienone is 26. The predicted molar refractivity (Wildman–Crippen MR) is 320 cm³/mol. The molecule has 0 rings (SSSR count). The van der Waals surface area contributed by atoms with E-state index in [9.17, 15) is 14.4 Å². The topological polar surface area (TPSA) is 78.9 Å². The van der Waals surface area contributed by atoms with Gasteiger partial charge in [0, 0.05) is 19.3 Å². The second kappa shape index (κ2) is 60.6. The Bertz CT molecular complexity index is 1690. The van der Waals surface area contributed by atoms with Crippen molar-refractivity contribution in [1.29, 1.82) is 0 Å². The smallest absolute Gasteiger partial charge is 0.306 e. The molecule has 0 spiro atoms.